The predicted octanol–water partition coefficient (Wildman–Crippen LogP) is 1.47. The summed E-state index contributed by atoms with van der Waals surface area (Å²) in [5.74, 6) is 0.631. The average molecular weight is 214 g/mol. The van der Waals surface area contributed by atoms with E-state index in [9.17, 15) is 0 Å². The van der Waals surface area contributed by atoms with Crippen molar-refractivity contribution >= 4 is 0 Å². The molecule has 15 heavy (non-hydrogen) atoms. The van der Waals surface area contributed by atoms with Gasteiger partial charge in [-0.2, -0.15) is 0 Å². The summed E-state index contributed by atoms with van der Waals surface area (Å²) in [6.45, 7) is 10.4. The van der Waals surface area contributed by atoms with Crippen LogP contribution in [0.1, 0.15) is 33.6 Å². The van der Waals surface area contributed by atoms with Crippen LogP contribution in [-0.2, 0) is 4.74 Å². The van der Waals surface area contributed by atoms with Gasteiger partial charge in [-0.3, -0.25) is 4.90 Å². The second-order valence-electron chi connectivity index (χ2n) is 4.70. The van der Waals surface area contributed by atoms with E-state index in [4.69, 9.17) is 10.5 Å². The van der Waals surface area contributed by atoms with Gasteiger partial charge < -0.3 is 10.5 Å². The van der Waals surface area contributed by atoms with Crippen LogP contribution in [0.4, 0.5) is 0 Å². The molecule has 3 nitrogen and oxygen atoms in total. The Balaban J connectivity index is 2.58. The maximum Gasteiger partial charge on any atom is 0.0509 e. The van der Waals surface area contributed by atoms with Crippen LogP contribution >= 0.6 is 0 Å². The molecule has 1 saturated heterocycles. The van der Waals surface area contributed by atoms with E-state index in [1.807, 2.05) is 0 Å². The standard InChI is InChI=1S/C12H26N2O/c1-4-14(10(2)3)12(8-13)11-6-5-7-15-9-11/h10-12H,4-9,13H2,1-3H3. The van der Waals surface area contributed by atoms with Gasteiger partial charge in [0.25, 0.3) is 0 Å². The van der Waals surface area contributed by atoms with E-state index in [1.54, 1.807) is 0 Å². The van der Waals surface area contributed by atoms with E-state index >= 15 is 0 Å². The summed E-state index contributed by atoms with van der Waals surface area (Å²) in [6, 6.07) is 1.07. The molecule has 0 aromatic heterocycles. The van der Waals surface area contributed by atoms with Crippen LogP contribution in [0.2, 0.25) is 0 Å². The second kappa shape index (κ2) is 6.46. The molecular weight excluding hydrogens is 188 g/mol. The Bertz CT molecular complexity index is 167. The van der Waals surface area contributed by atoms with Gasteiger partial charge in [0, 0.05) is 25.2 Å². The monoisotopic (exact) mass is 214 g/mol. The van der Waals surface area contributed by atoms with Crippen LogP contribution in [0.5, 0.6) is 0 Å². The minimum Gasteiger partial charge on any atom is -0.381 e. The van der Waals surface area contributed by atoms with Gasteiger partial charge in [-0.1, -0.05) is 6.92 Å². The maximum atomic E-state index is 5.92. The molecule has 1 heterocycles. The Morgan fingerprint density at radius 1 is 1.47 bits per heavy atom. The molecule has 2 atom stereocenters. The van der Waals surface area contributed by atoms with Crippen molar-refractivity contribution in [1.29, 1.82) is 0 Å². The second-order valence-corrected chi connectivity index (χ2v) is 4.70. The van der Waals surface area contributed by atoms with Crippen molar-refractivity contribution in [2.45, 2.75) is 45.7 Å². The molecule has 0 aromatic rings. The van der Waals surface area contributed by atoms with Gasteiger partial charge in [0.15, 0.2) is 0 Å². The molecule has 0 bridgehead atoms. The minimum atomic E-state index is 0.496. The van der Waals surface area contributed by atoms with Gasteiger partial charge in [-0.15, -0.1) is 0 Å². The highest BCUT2D eigenvalue weighted by molar-refractivity contribution is 4.83. The van der Waals surface area contributed by atoms with Gasteiger partial charge in [0.05, 0.1) is 6.61 Å². The van der Waals surface area contributed by atoms with Crippen LogP contribution in [0.3, 0.4) is 0 Å². The molecule has 0 amide bonds. The largest absolute Gasteiger partial charge is 0.381 e. The number of hydrogen-bond acceptors (Lipinski definition) is 3. The van der Waals surface area contributed by atoms with Crippen molar-refractivity contribution in [1.82, 2.24) is 4.90 Å². The Morgan fingerprint density at radius 2 is 2.20 bits per heavy atom. The molecule has 90 valence electrons. The van der Waals surface area contributed by atoms with Crippen LogP contribution in [0.25, 0.3) is 0 Å². The van der Waals surface area contributed by atoms with Crippen LogP contribution in [0, 0.1) is 5.92 Å². The highest BCUT2D eigenvalue weighted by atomic mass is 16.5. The molecule has 1 rings (SSSR count). The first-order valence-corrected chi connectivity index (χ1v) is 6.24. The van der Waals surface area contributed by atoms with E-state index in [0.717, 1.165) is 26.3 Å². The Labute approximate surface area is 94.0 Å². The van der Waals surface area contributed by atoms with Crippen LogP contribution < -0.4 is 5.73 Å². The van der Waals surface area contributed by atoms with Crippen molar-refractivity contribution in [2.75, 3.05) is 26.3 Å². The lowest BCUT2D eigenvalue weighted by molar-refractivity contribution is 0.00453. The van der Waals surface area contributed by atoms with E-state index in [0.29, 0.717) is 18.0 Å². The Kier molecular flexibility index (Phi) is 5.58. The molecule has 1 fully saturated rings. The highest BCUT2D eigenvalue weighted by Gasteiger charge is 2.28. The number of likely N-dealkylation sites (N-methyl/N-ethyl adjacent to an activating group) is 1. The van der Waals surface area contributed by atoms with Gasteiger partial charge >= 0.3 is 0 Å². The molecule has 0 aromatic carbocycles. The van der Waals surface area contributed by atoms with E-state index in [2.05, 4.69) is 25.7 Å². The first-order valence-electron chi connectivity index (χ1n) is 6.24. The van der Waals surface area contributed by atoms with Crippen molar-refractivity contribution < 1.29 is 4.74 Å². The number of nitrogens with two attached hydrogens (primary N) is 1. The normalized spacial score (nSPS) is 24.8. The van der Waals surface area contributed by atoms with Crippen LogP contribution in [0.15, 0.2) is 0 Å². The minimum absolute atomic E-state index is 0.496. The summed E-state index contributed by atoms with van der Waals surface area (Å²) in [5.41, 5.74) is 5.92. The molecule has 0 spiro atoms. The molecule has 2 unspecified atom stereocenters. The summed E-state index contributed by atoms with van der Waals surface area (Å²) in [6.07, 6.45) is 2.46. The summed E-state index contributed by atoms with van der Waals surface area (Å²) in [5, 5.41) is 0. The molecule has 0 aliphatic carbocycles. The summed E-state index contributed by atoms with van der Waals surface area (Å²) >= 11 is 0. The number of ether oxygens (including phenoxy) is 1. The van der Waals surface area contributed by atoms with E-state index < -0.39 is 0 Å². The molecule has 1 aliphatic rings. The number of rotatable bonds is 5. The Hall–Kier alpha value is -0.120. The third-order valence-corrected chi connectivity index (χ3v) is 3.44. The zero-order chi connectivity index (χ0) is 11.3. The zero-order valence-electron chi connectivity index (χ0n) is 10.4. The fraction of sp³-hybridized carbons (Fsp3) is 1.00. The lowest BCUT2D eigenvalue weighted by Gasteiger charge is -2.39. The number of nitrogens with zero attached hydrogens (tertiary/aromatic N) is 1. The van der Waals surface area contributed by atoms with Crippen molar-refractivity contribution in [3.63, 3.8) is 0 Å². The topological polar surface area (TPSA) is 38.5 Å². The number of hydrogen-bond donors (Lipinski definition) is 1. The SMILES string of the molecule is CCN(C(C)C)C(CN)C1CCCOC1. The molecule has 2 N–H and O–H groups in total. The lowest BCUT2D eigenvalue weighted by Crippen LogP contribution is -2.50. The average Bonchev–Trinajstić information content (AvgIpc) is 2.26. The third-order valence-electron chi connectivity index (χ3n) is 3.44. The summed E-state index contributed by atoms with van der Waals surface area (Å²) < 4.78 is 5.56. The fourth-order valence-electron chi connectivity index (χ4n) is 2.65. The summed E-state index contributed by atoms with van der Waals surface area (Å²) in [7, 11) is 0. The molecule has 1 aliphatic heterocycles. The molecule has 0 radical (unpaired) electrons. The fourth-order valence-corrected chi connectivity index (χ4v) is 2.65. The zero-order valence-corrected chi connectivity index (χ0v) is 10.4. The van der Waals surface area contributed by atoms with Gasteiger partial charge in [-0.25, -0.2) is 0 Å². The van der Waals surface area contributed by atoms with Gasteiger partial charge in [0.2, 0.25) is 0 Å². The van der Waals surface area contributed by atoms with Crippen molar-refractivity contribution in [2.24, 2.45) is 11.7 Å². The smallest absolute Gasteiger partial charge is 0.0509 e. The lowest BCUT2D eigenvalue weighted by atomic mass is 9.91. The maximum absolute atomic E-state index is 5.92. The van der Waals surface area contributed by atoms with Gasteiger partial charge in [0.1, 0.15) is 0 Å². The molecular formula is C12H26N2O. The molecule has 3 heteroatoms. The van der Waals surface area contributed by atoms with Gasteiger partial charge in [-0.05, 0) is 39.2 Å². The van der Waals surface area contributed by atoms with E-state index in [1.165, 1.54) is 12.8 Å². The Morgan fingerprint density at radius 3 is 2.60 bits per heavy atom. The highest BCUT2D eigenvalue weighted by Crippen LogP contribution is 2.22. The molecule has 0 saturated carbocycles. The quantitative estimate of drug-likeness (QED) is 0.753. The van der Waals surface area contributed by atoms with Crippen LogP contribution in [-0.4, -0.2) is 43.3 Å². The van der Waals surface area contributed by atoms with Crippen molar-refractivity contribution in [3.8, 4) is 0 Å². The third kappa shape index (κ3) is 3.44. The summed E-state index contributed by atoms with van der Waals surface area (Å²) in [4.78, 5) is 2.50. The first kappa shape index (κ1) is 12.9. The van der Waals surface area contributed by atoms with Crippen molar-refractivity contribution in [3.05, 3.63) is 0 Å². The predicted molar refractivity (Wildman–Crippen MR) is 63.9 cm³/mol. The van der Waals surface area contributed by atoms with E-state index in [-0.39, 0.29) is 0 Å². The first-order chi connectivity index (χ1) is 7.20.